The maximum absolute atomic E-state index is 6.15. The Labute approximate surface area is 132 Å². The molecule has 21 heavy (non-hydrogen) atoms. The molecular weight excluding hydrogens is 309 g/mol. The van der Waals surface area contributed by atoms with Crippen molar-refractivity contribution in [2.24, 2.45) is 0 Å². The van der Waals surface area contributed by atoms with E-state index >= 15 is 0 Å². The lowest BCUT2D eigenvalue weighted by Crippen LogP contribution is -2.08. The van der Waals surface area contributed by atoms with Crippen molar-refractivity contribution < 1.29 is 4.74 Å². The molecule has 0 aliphatic carbocycles. The standard InChI is InChI=1S/C15H13Cl2N3O/c1-18-9-12-15(19-14-4-2-3-7-20(12)14)21-13-6-5-10(16)8-11(13)17/h2-8,18H,9H2,1H3. The minimum Gasteiger partial charge on any atom is -0.436 e. The second-order valence-corrected chi connectivity index (χ2v) is 5.34. The van der Waals surface area contributed by atoms with Crippen molar-refractivity contribution in [1.29, 1.82) is 0 Å². The van der Waals surface area contributed by atoms with E-state index in [1.807, 2.05) is 35.8 Å². The SMILES string of the molecule is CNCc1c(Oc2ccc(Cl)cc2Cl)nc2ccccn12. The molecule has 0 saturated heterocycles. The van der Waals surface area contributed by atoms with Crippen LogP contribution in [0.25, 0.3) is 5.65 Å². The molecule has 0 saturated carbocycles. The van der Waals surface area contributed by atoms with Crippen molar-refractivity contribution >= 4 is 28.8 Å². The van der Waals surface area contributed by atoms with E-state index in [1.54, 1.807) is 18.2 Å². The van der Waals surface area contributed by atoms with Crippen molar-refractivity contribution in [3.63, 3.8) is 0 Å². The number of nitrogens with one attached hydrogen (secondary N) is 1. The van der Waals surface area contributed by atoms with E-state index in [-0.39, 0.29) is 0 Å². The molecule has 3 rings (SSSR count). The number of ether oxygens (including phenoxy) is 1. The van der Waals surface area contributed by atoms with Gasteiger partial charge in [-0.15, -0.1) is 0 Å². The van der Waals surface area contributed by atoms with Crippen LogP contribution < -0.4 is 10.1 Å². The molecule has 0 aliphatic heterocycles. The predicted octanol–water partition coefficient (Wildman–Crippen LogP) is 4.15. The molecule has 0 aliphatic rings. The Balaban J connectivity index is 2.05. The molecule has 0 unspecified atom stereocenters. The topological polar surface area (TPSA) is 38.6 Å². The smallest absolute Gasteiger partial charge is 0.242 e. The molecule has 108 valence electrons. The number of pyridine rings is 1. The first-order chi connectivity index (χ1) is 10.2. The molecule has 0 fully saturated rings. The van der Waals surface area contributed by atoms with E-state index in [2.05, 4.69) is 10.3 Å². The molecule has 0 bridgehead atoms. The maximum Gasteiger partial charge on any atom is 0.242 e. The predicted molar refractivity (Wildman–Crippen MR) is 84.5 cm³/mol. The van der Waals surface area contributed by atoms with Gasteiger partial charge in [0, 0.05) is 17.8 Å². The molecule has 3 aromatic rings. The average Bonchev–Trinajstić information content (AvgIpc) is 2.81. The van der Waals surface area contributed by atoms with E-state index in [9.17, 15) is 0 Å². The van der Waals surface area contributed by atoms with Crippen LogP contribution in [0.5, 0.6) is 11.6 Å². The van der Waals surface area contributed by atoms with Crippen LogP contribution in [-0.2, 0) is 6.54 Å². The van der Waals surface area contributed by atoms with Crippen molar-refractivity contribution in [2.45, 2.75) is 6.54 Å². The Kier molecular flexibility index (Phi) is 4.01. The Morgan fingerprint density at radius 3 is 2.86 bits per heavy atom. The van der Waals surface area contributed by atoms with Crippen LogP contribution in [0.1, 0.15) is 5.69 Å². The van der Waals surface area contributed by atoms with Gasteiger partial charge in [0.2, 0.25) is 5.88 Å². The van der Waals surface area contributed by atoms with E-state index in [0.29, 0.717) is 28.2 Å². The normalized spacial score (nSPS) is 11.0. The summed E-state index contributed by atoms with van der Waals surface area (Å²) in [6.45, 7) is 0.631. The summed E-state index contributed by atoms with van der Waals surface area (Å²) in [6, 6.07) is 10.9. The number of aromatic nitrogens is 2. The van der Waals surface area contributed by atoms with Crippen LogP contribution in [0, 0.1) is 0 Å². The summed E-state index contributed by atoms with van der Waals surface area (Å²) in [6.07, 6.45) is 1.95. The lowest BCUT2D eigenvalue weighted by atomic mass is 10.3. The van der Waals surface area contributed by atoms with Gasteiger partial charge in [-0.05, 0) is 37.4 Å². The highest BCUT2D eigenvalue weighted by Crippen LogP contribution is 2.33. The molecule has 0 radical (unpaired) electrons. The molecule has 2 heterocycles. The van der Waals surface area contributed by atoms with Crippen LogP contribution in [0.15, 0.2) is 42.6 Å². The second kappa shape index (κ2) is 5.93. The Bertz CT molecular complexity index is 786. The summed E-state index contributed by atoms with van der Waals surface area (Å²) in [4.78, 5) is 4.50. The third kappa shape index (κ3) is 2.83. The first-order valence-electron chi connectivity index (χ1n) is 6.42. The van der Waals surface area contributed by atoms with Gasteiger partial charge in [0.15, 0.2) is 0 Å². The largest absolute Gasteiger partial charge is 0.436 e. The van der Waals surface area contributed by atoms with E-state index < -0.39 is 0 Å². The highest BCUT2D eigenvalue weighted by atomic mass is 35.5. The highest BCUT2D eigenvalue weighted by molar-refractivity contribution is 6.35. The quantitative estimate of drug-likeness (QED) is 0.784. The number of hydrogen-bond acceptors (Lipinski definition) is 3. The fourth-order valence-corrected chi connectivity index (χ4v) is 2.54. The third-order valence-corrected chi connectivity index (χ3v) is 3.57. The average molecular weight is 322 g/mol. The van der Waals surface area contributed by atoms with Crippen LogP contribution >= 0.6 is 23.2 Å². The maximum atomic E-state index is 6.15. The summed E-state index contributed by atoms with van der Waals surface area (Å²) in [7, 11) is 1.88. The lowest BCUT2D eigenvalue weighted by molar-refractivity contribution is 0.457. The summed E-state index contributed by atoms with van der Waals surface area (Å²) >= 11 is 12.0. The van der Waals surface area contributed by atoms with E-state index in [1.165, 1.54) is 0 Å². The second-order valence-electron chi connectivity index (χ2n) is 4.50. The number of fused-ring (bicyclic) bond motifs is 1. The zero-order valence-electron chi connectivity index (χ0n) is 11.3. The van der Waals surface area contributed by atoms with Gasteiger partial charge in [-0.1, -0.05) is 29.3 Å². The summed E-state index contributed by atoms with van der Waals surface area (Å²) in [5.41, 5.74) is 1.75. The number of benzene rings is 1. The fourth-order valence-electron chi connectivity index (χ4n) is 2.10. The van der Waals surface area contributed by atoms with E-state index in [4.69, 9.17) is 27.9 Å². The molecule has 0 amide bonds. The molecular formula is C15H13Cl2N3O. The number of nitrogens with zero attached hydrogens (tertiary/aromatic N) is 2. The first kappa shape index (κ1) is 14.2. The molecule has 1 N–H and O–H groups in total. The third-order valence-electron chi connectivity index (χ3n) is 3.04. The molecule has 1 aromatic carbocycles. The lowest BCUT2D eigenvalue weighted by Gasteiger charge is -2.08. The molecule has 0 atom stereocenters. The Hall–Kier alpha value is -1.75. The number of hydrogen-bond donors (Lipinski definition) is 1. The van der Waals surface area contributed by atoms with Gasteiger partial charge in [-0.25, -0.2) is 0 Å². The highest BCUT2D eigenvalue weighted by Gasteiger charge is 2.14. The van der Waals surface area contributed by atoms with Gasteiger partial charge in [-0.2, -0.15) is 4.98 Å². The summed E-state index contributed by atoms with van der Waals surface area (Å²) in [5.74, 6) is 1.06. The van der Waals surface area contributed by atoms with Gasteiger partial charge < -0.3 is 10.1 Å². The zero-order valence-corrected chi connectivity index (χ0v) is 12.8. The van der Waals surface area contributed by atoms with Gasteiger partial charge >= 0.3 is 0 Å². The van der Waals surface area contributed by atoms with Crippen LogP contribution in [0.3, 0.4) is 0 Å². The monoisotopic (exact) mass is 321 g/mol. The number of rotatable bonds is 4. The van der Waals surface area contributed by atoms with Crippen molar-refractivity contribution in [3.8, 4) is 11.6 Å². The van der Waals surface area contributed by atoms with E-state index in [0.717, 1.165) is 11.3 Å². The number of imidazole rings is 1. The van der Waals surface area contributed by atoms with Crippen LogP contribution in [-0.4, -0.2) is 16.4 Å². The summed E-state index contributed by atoms with van der Waals surface area (Å²) < 4.78 is 7.85. The summed E-state index contributed by atoms with van der Waals surface area (Å²) in [5, 5.41) is 4.14. The van der Waals surface area contributed by atoms with Crippen molar-refractivity contribution in [1.82, 2.24) is 14.7 Å². The molecule has 6 heteroatoms. The minimum absolute atomic E-state index is 0.454. The minimum atomic E-state index is 0.454. The number of halogens is 2. The van der Waals surface area contributed by atoms with Crippen LogP contribution in [0.4, 0.5) is 0 Å². The Morgan fingerprint density at radius 2 is 2.10 bits per heavy atom. The zero-order chi connectivity index (χ0) is 14.8. The van der Waals surface area contributed by atoms with Crippen molar-refractivity contribution in [2.75, 3.05) is 7.05 Å². The Morgan fingerprint density at radius 1 is 1.24 bits per heavy atom. The first-order valence-corrected chi connectivity index (χ1v) is 7.18. The molecule has 0 spiro atoms. The van der Waals surface area contributed by atoms with Crippen LogP contribution in [0.2, 0.25) is 10.0 Å². The van der Waals surface area contributed by atoms with Gasteiger partial charge in [0.1, 0.15) is 17.1 Å². The van der Waals surface area contributed by atoms with Crippen molar-refractivity contribution in [3.05, 3.63) is 58.3 Å². The van der Waals surface area contributed by atoms with Gasteiger partial charge in [-0.3, -0.25) is 4.40 Å². The molecule has 2 aromatic heterocycles. The fraction of sp³-hybridized carbons (Fsp3) is 0.133. The molecule has 4 nitrogen and oxygen atoms in total. The van der Waals surface area contributed by atoms with Gasteiger partial charge in [0.05, 0.1) is 5.02 Å². The van der Waals surface area contributed by atoms with Gasteiger partial charge in [0.25, 0.3) is 0 Å².